The average Bonchev–Trinajstić information content (AvgIpc) is 3.37. The standard InChI is InChI=1S/C37H72N6O3/c1-26(2)46-34(45)9-6-27(3)30-7-8-31-35-32(11-13-37(30,31)5)36(4)12-10-29(24-28(36)25-33(35)44)43-23-22-42-21-20-41-19-18-40-17-16-39-15-14-38/h26-33,35,39-44H,6-25,38H2,1-5H3/t27-,28?,29+,30-,31?,32?,33-,35?,36+,37-/m1/s1. The van der Waals surface area contributed by atoms with Crippen LogP contribution in [0.25, 0.3) is 0 Å². The third-order valence-electron chi connectivity index (χ3n) is 13.1. The summed E-state index contributed by atoms with van der Waals surface area (Å²) in [6.45, 7) is 20.9. The monoisotopic (exact) mass is 649 g/mol. The summed E-state index contributed by atoms with van der Waals surface area (Å²) in [6.07, 6.45) is 11.0. The third-order valence-corrected chi connectivity index (χ3v) is 13.1. The van der Waals surface area contributed by atoms with E-state index < -0.39 is 0 Å². The Morgan fingerprint density at radius 2 is 1.39 bits per heavy atom. The summed E-state index contributed by atoms with van der Waals surface area (Å²) >= 11 is 0. The fourth-order valence-electron chi connectivity index (χ4n) is 10.7. The van der Waals surface area contributed by atoms with Crippen LogP contribution in [0.3, 0.4) is 0 Å². The van der Waals surface area contributed by atoms with E-state index in [9.17, 15) is 9.90 Å². The lowest BCUT2D eigenvalue weighted by Crippen LogP contribution is -2.59. The number of esters is 1. The first kappa shape index (κ1) is 38.0. The molecule has 0 aromatic heterocycles. The molecule has 9 heteroatoms. The van der Waals surface area contributed by atoms with Gasteiger partial charge in [0.1, 0.15) is 0 Å². The van der Waals surface area contributed by atoms with Gasteiger partial charge in [-0.15, -0.1) is 0 Å². The van der Waals surface area contributed by atoms with Crippen molar-refractivity contribution in [3.05, 3.63) is 0 Å². The second-order valence-corrected chi connectivity index (χ2v) is 16.3. The van der Waals surface area contributed by atoms with Crippen molar-refractivity contribution in [2.75, 3.05) is 65.4 Å². The molecule has 4 aliphatic rings. The van der Waals surface area contributed by atoms with Gasteiger partial charge in [-0.3, -0.25) is 4.79 Å². The molecular formula is C37H72N6O3. The number of carbonyl (C=O) groups excluding carboxylic acids is 1. The molecule has 0 radical (unpaired) electrons. The molecular weight excluding hydrogens is 576 g/mol. The number of nitrogens with one attached hydrogen (secondary N) is 5. The molecule has 46 heavy (non-hydrogen) atoms. The van der Waals surface area contributed by atoms with E-state index >= 15 is 0 Å². The fraction of sp³-hybridized carbons (Fsp3) is 0.973. The smallest absolute Gasteiger partial charge is 0.306 e. The van der Waals surface area contributed by atoms with Gasteiger partial charge in [0, 0.05) is 77.9 Å². The molecule has 0 aliphatic heterocycles. The minimum Gasteiger partial charge on any atom is -0.463 e. The molecule has 4 aliphatic carbocycles. The van der Waals surface area contributed by atoms with Gasteiger partial charge >= 0.3 is 5.97 Å². The zero-order chi connectivity index (χ0) is 33.2. The van der Waals surface area contributed by atoms with Gasteiger partial charge in [-0.25, -0.2) is 0 Å². The Labute approximate surface area is 281 Å². The molecule has 0 heterocycles. The van der Waals surface area contributed by atoms with Crippen LogP contribution in [0.1, 0.15) is 98.8 Å². The van der Waals surface area contributed by atoms with Gasteiger partial charge in [0.15, 0.2) is 0 Å². The molecule has 0 aromatic rings. The van der Waals surface area contributed by atoms with Crippen molar-refractivity contribution in [3.63, 3.8) is 0 Å². The quantitative estimate of drug-likeness (QED) is 0.0785. The highest BCUT2D eigenvalue weighted by Gasteiger charge is 2.62. The first-order chi connectivity index (χ1) is 22.1. The first-order valence-corrected chi connectivity index (χ1v) is 19.2. The van der Waals surface area contributed by atoms with Crippen LogP contribution in [0.2, 0.25) is 0 Å². The van der Waals surface area contributed by atoms with E-state index in [1.165, 1.54) is 44.9 Å². The minimum absolute atomic E-state index is 0.0382. The number of hydrogen-bond donors (Lipinski definition) is 7. The van der Waals surface area contributed by atoms with Crippen LogP contribution in [0.15, 0.2) is 0 Å². The maximum Gasteiger partial charge on any atom is 0.306 e. The lowest BCUT2D eigenvalue weighted by atomic mass is 9.43. The summed E-state index contributed by atoms with van der Waals surface area (Å²) in [4.78, 5) is 12.3. The van der Waals surface area contributed by atoms with Crippen LogP contribution < -0.4 is 32.3 Å². The highest BCUT2D eigenvalue weighted by Crippen LogP contribution is 2.68. The molecule has 0 saturated heterocycles. The molecule has 4 fully saturated rings. The number of aliphatic hydroxyl groups excluding tert-OH is 1. The number of aliphatic hydroxyl groups is 1. The van der Waals surface area contributed by atoms with Crippen molar-refractivity contribution < 1.29 is 14.6 Å². The van der Waals surface area contributed by atoms with Crippen molar-refractivity contribution in [1.82, 2.24) is 26.6 Å². The molecule has 0 bridgehead atoms. The van der Waals surface area contributed by atoms with Crippen LogP contribution in [-0.2, 0) is 9.53 Å². The van der Waals surface area contributed by atoms with Gasteiger partial charge in [0.05, 0.1) is 12.2 Å². The Kier molecular flexibility index (Phi) is 15.1. The topological polar surface area (TPSA) is 133 Å². The molecule has 10 atom stereocenters. The predicted molar refractivity (Wildman–Crippen MR) is 189 cm³/mol. The molecule has 0 amide bonds. The maximum absolute atomic E-state index is 12.3. The first-order valence-electron chi connectivity index (χ1n) is 19.2. The normalized spacial score (nSPS) is 36.2. The average molecular weight is 649 g/mol. The molecule has 268 valence electrons. The zero-order valence-electron chi connectivity index (χ0n) is 30.2. The lowest BCUT2D eigenvalue weighted by molar-refractivity contribution is -0.167. The van der Waals surface area contributed by atoms with Crippen molar-refractivity contribution in [1.29, 1.82) is 0 Å². The molecule has 0 aromatic carbocycles. The molecule has 9 nitrogen and oxygen atoms in total. The summed E-state index contributed by atoms with van der Waals surface area (Å²) in [7, 11) is 0. The van der Waals surface area contributed by atoms with Crippen molar-refractivity contribution in [2.24, 2.45) is 52.1 Å². The summed E-state index contributed by atoms with van der Waals surface area (Å²) in [5.74, 6) is 3.43. The second-order valence-electron chi connectivity index (χ2n) is 16.3. The summed E-state index contributed by atoms with van der Waals surface area (Å²) < 4.78 is 5.43. The lowest BCUT2D eigenvalue weighted by Gasteiger charge is -2.62. The van der Waals surface area contributed by atoms with Crippen LogP contribution in [0.5, 0.6) is 0 Å². The third kappa shape index (κ3) is 9.66. The molecule has 4 rings (SSSR count). The number of rotatable bonds is 20. The fourth-order valence-corrected chi connectivity index (χ4v) is 10.7. The van der Waals surface area contributed by atoms with Crippen LogP contribution in [-0.4, -0.2) is 94.8 Å². The molecule has 4 saturated carbocycles. The van der Waals surface area contributed by atoms with E-state index in [2.05, 4.69) is 47.4 Å². The van der Waals surface area contributed by atoms with E-state index in [1.807, 2.05) is 13.8 Å². The SMILES string of the molecule is CC(C)OC(=O)CC[C@@H](C)[C@H]1CCC2C3C(CC[C@@]21C)[C@@]1(C)CC[C@H](NCCNCCNCCNCCNCCN)CC1C[C@H]3O. The highest BCUT2D eigenvalue weighted by molar-refractivity contribution is 5.69. The largest absolute Gasteiger partial charge is 0.463 e. The Morgan fingerprint density at radius 1 is 0.804 bits per heavy atom. The predicted octanol–water partition coefficient (Wildman–Crippen LogP) is 3.26. The van der Waals surface area contributed by atoms with E-state index in [1.54, 1.807) is 0 Å². The van der Waals surface area contributed by atoms with E-state index in [-0.39, 0.29) is 23.6 Å². The Bertz CT molecular complexity index is 908. The van der Waals surface area contributed by atoms with Gasteiger partial charge in [-0.05, 0) is 118 Å². The van der Waals surface area contributed by atoms with Gasteiger partial charge in [-0.1, -0.05) is 20.8 Å². The van der Waals surface area contributed by atoms with E-state index in [0.29, 0.717) is 59.9 Å². The molecule has 8 N–H and O–H groups in total. The summed E-state index contributed by atoms with van der Waals surface area (Å²) in [5, 5.41) is 29.5. The van der Waals surface area contributed by atoms with Crippen LogP contribution >= 0.6 is 0 Å². The van der Waals surface area contributed by atoms with Crippen LogP contribution in [0.4, 0.5) is 0 Å². The molecule has 4 unspecified atom stereocenters. The Morgan fingerprint density at radius 3 is 2.02 bits per heavy atom. The number of carbonyl (C=O) groups is 1. The van der Waals surface area contributed by atoms with Gasteiger partial charge < -0.3 is 42.2 Å². The zero-order valence-corrected chi connectivity index (χ0v) is 30.2. The van der Waals surface area contributed by atoms with Crippen molar-refractivity contribution in [3.8, 4) is 0 Å². The summed E-state index contributed by atoms with van der Waals surface area (Å²) in [6, 6.07) is 0.570. The van der Waals surface area contributed by atoms with Gasteiger partial charge in [0.25, 0.3) is 0 Å². The summed E-state index contributed by atoms with van der Waals surface area (Å²) in [5.41, 5.74) is 6.12. The minimum atomic E-state index is -0.168. The van der Waals surface area contributed by atoms with Gasteiger partial charge in [-0.2, -0.15) is 0 Å². The maximum atomic E-state index is 12.3. The van der Waals surface area contributed by atoms with E-state index in [0.717, 1.165) is 71.7 Å². The van der Waals surface area contributed by atoms with E-state index in [4.69, 9.17) is 10.5 Å². The number of hydrogen-bond acceptors (Lipinski definition) is 9. The van der Waals surface area contributed by atoms with Crippen LogP contribution in [0, 0.1) is 46.3 Å². The van der Waals surface area contributed by atoms with Crippen molar-refractivity contribution in [2.45, 2.75) is 117 Å². The Balaban J connectivity index is 1.16. The number of ether oxygens (including phenoxy) is 1. The Hall–Kier alpha value is -0.810. The van der Waals surface area contributed by atoms with Crippen molar-refractivity contribution >= 4 is 5.97 Å². The second kappa shape index (κ2) is 18.3. The number of nitrogens with two attached hydrogens (primary N) is 1. The van der Waals surface area contributed by atoms with Gasteiger partial charge in [0.2, 0.25) is 0 Å². The molecule has 0 spiro atoms. The number of fused-ring (bicyclic) bond motifs is 5. The highest BCUT2D eigenvalue weighted by atomic mass is 16.5.